The third-order valence-electron chi connectivity index (χ3n) is 4.43. The zero-order chi connectivity index (χ0) is 17.6. The van der Waals surface area contributed by atoms with E-state index in [-0.39, 0.29) is 6.10 Å². The molecule has 4 rings (SSSR count). The first-order chi connectivity index (χ1) is 12.9. The number of morpholine rings is 1. The Morgan fingerprint density at radius 3 is 2.62 bits per heavy atom. The summed E-state index contributed by atoms with van der Waals surface area (Å²) < 4.78 is 7.61. The van der Waals surface area contributed by atoms with E-state index in [1.807, 2.05) is 36.4 Å². The van der Waals surface area contributed by atoms with Gasteiger partial charge in [-0.15, -0.1) is 0 Å². The summed E-state index contributed by atoms with van der Waals surface area (Å²) in [6.07, 6.45) is 0.105. The predicted molar refractivity (Wildman–Crippen MR) is 99.1 cm³/mol. The van der Waals surface area contributed by atoms with Crippen LogP contribution >= 0.6 is 0 Å². The molecule has 1 aliphatic rings. The fraction of sp³-hybridized carbons (Fsp3) is 0.316. The van der Waals surface area contributed by atoms with Gasteiger partial charge in [0.2, 0.25) is 5.95 Å². The zero-order valence-electron chi connectivity index (χ0n) is 14.5. The Labute approximate surface area is 152 Å². The Morgan fingerprint density at radius 1 is 1.04 bits per heavy atom. The Balaban J connectivity index is 1.34. The van der Waals surface area contributed by atoms with E-state index < -0.39 is 0 Å². The van der Waals surface area contributed by atoms with E-state index in [2.05, 4.69) is 50.0 Å². The van der Waals surface area contributed by atoms with Crippen LogP contribution in [-0.4, -0.2) is 57.5 Å². The minimum absolute atomic E-state index is 0.105. The van der Waals surface area contributed by atoms with Crippen LogP contribution in [0.5, 0.6) is 0 Å². The maximum Gasteiger partial charge on any atom is 0.247 e. The molecule has 0 amide bonds. The molecule has 2 aromatic carbocycles. The van der Waals surface area contributed by atoms with E-state index in [0.717, 1.165) is 31.9 Å². The molecule has 1 N–H and O–H groups in total. The van der Waals surface area contributed by atoms with Gasteiger partial charge in [-0.25, -0.2) is 0 Å². The lowest BCUT2D eigenvalue weighted by Crippen LogP contribution is -2.44. The standard InChI is InChI=1S/C19H22N6O/c1-3-7-16(8-4-1)14-24-11-12-26-18(15-24)13-20-19-21-22-23-25(19)17-9-5-2-6-10-17/h1-10,18H,11-15H2,(H,20,21,23)/t18-/m1/s1. The van der Waals surface area contributed by atoms with Crippen molar-refractivity contribution in [3.63, 3.8) is 0 Å². The molecule has 0 spiro atoms. The monoisotopic (exact) mass is 350 g/mol. The SMILES string of the molecule is c1ccc(CN2CCO[C@H](CNc3nnnn3-c3ccccc3)C2)cc1. The van der Waals surface area contributed by atoms with Gasteiger partial charge in [-0.3, -0.25) is 4.90 Å². The van der Waals surface area contributed by atoms with E-state index in [1.165, 1.54) is 5.56 Å². The summed E-state index contributed by atoms with van der Waals surface area (Å²) in [4.78, 5) is 2.42. The number of benzene rings is 2. The van der Waals surface area contributed by atoms with Crippen molar-refractivity contribution in [1.29, 1.82) is 0 Å². The third kappa shape index (κ3) is 4.07. The molecule has 0 saturated carbocycles. The van der Waals surface area contributed by atoms with Gasteiger partial charge >= 0.3 is 0 Å². The highest BCUT2D eigenvalue weighted by Gasteiger charge is 2.21. The first-order valence-corrected chi connectivity index (χ1v) is 8.84. The number of anilines is 1. The molecule has 0 radical (unpaired) electrons. The van der Waals surface area contributed by atoms with E-state index in [1.54, 1.807) is 4.68 Å². The quantitative estimate of drug-likeness (QED) is 0.733. The highest BCUT2D eigenvalue weighted by molar-refractivity contribution is 5.38. The molecule has 7 heteroatoms. The van der Waals surface area contributed by atoms with Crippen molar-refractivity contribution in [1.82, 2.24) is 25.1 Å². The maximum absolute atomic E-state index is 5.91. The second-order valence-electron chi connectivity index (χ2n) is 6.34. The number of nitrogens with zero attached hydrogens (tertiary/aromatic N) is 5. The van der Waals surface area contributed by atoms with E-state index in [4.69, 9.17) is 4.74 Å². The topological polar surface area (TPSA) is 68.1 Å². The molecular formula is C19H22N6O. The number of rotatable bonds is 6. The predicted octanol–water partition coefficient (Wildman–Crippen LogP) is 1.98. The van der Waals surface area contributed by atoms with Gasteiger partial charge in [0.05, 0.1) is 18.4 Å². The molecule has 0 unspecified atom stereocenters. The lowest BCUT2D eigenvalue weighted by molar-refractivity contribution is -0.0241. The second-order valence-corrected chi connectivity index (χ2v) is 6.34. The average Bonchev–Trinajstić information content (AvgIpc) is 3.17. The first-order valence-electron chi connectivity index (χ1n) is 8.84. The summed E-state index contributed by atoms with van der Waals surface area (Å²) in [5.41, 5.74) is 2.25. The Morgan fingerprint density at radius 2 is 1.81 bits per heavy atom. The van der Waals surface area contributed by atoms with Crippen molar-refractivity contribution < 1.29 is 4.74 Å². The number of hydrogen-bond acceptors (Lipinski definition) is 6. The molecule has 1 aliphatic heterocycles. The van der Waals surface area contributed by atoms with Gasteiger partial charge in [0, 0.05) is 26.2 Å². The molecule has 3 aromatic rings. The van der Waals surface area contributed by atoms with Crippen LogP contribution in [0.4, 0.5) is 5.95 Å². The van der Waals surface area contributed by atoms with Crippen molar-refractivity contribution in [2.75, 3.05) is 31.6 Å². The van der Waals surface area contributed by atoms with Crippen molar-refractivity contribution in [3.05, 3.63) is 66.2 Å². The first kappa shape index (κ1) is 16.7. The van der Waals surface area contributed by atoms with Crippen molar-refractivity contribution >= 4 is 5.95 Å². The lowest BCUT2D eigenvalue weighted by Gasteiger charge is -2.33. The van der Waals surface area contributed by atoms with Crippen molar-refractivity contribution in [2.45, 2.75) is 12.6 Å². The van der Waals surface area contributed by atoms with Gasteiger partial charge in [-0.2, -0.15) is 4.68 Å². The van der Waals surface area contributed by atoms with Crippen LogP contribution in [0.15, 0.2) is 60.7 Å². The summed E-state index contributed by atoms with van der Waals surface area (Å²) in [6.45, 7) is 4.19. The van der Waals surface area contributed by atoms with Gasteiger partial charge in [0.1, 0.15) is 0 Å². The fourth-order valence-electron chi connectivity index (χ4n) is 3.13. The Kier molecular flexibility index (Phi) is 5.18. The lowest BCUT2D eigenvalue weighted by atomic mass is 10.2. The minimum atomic E-state index is 0.105. The molecule has 1 aromatic heterocycles. The van der Waals surface area contributed by atoms with E-state index >= 15 is 0 Å². The molecule has 134 valence electrons. The van der Waals surface area contributed by atoms with Crippen LogP contribution < -0.4 is 5.32 Å². The van der Waals surface area contributed by atoms with Crippen LogP contribution in [0.3, 0.4) is 0 Å². The molecular weight excluding hydrogens is 328 g/mol. The molecule has 1 fully saturated rings. The Bertz CT molecular complexity index is 807. The molecule has 26 heavy (non-hydrogen) atoms. The molecule has 1 saturated heterocycles. The van der Waals surface area contributed by atoms with Crippen LogP contribution in [0.25, 0.3) is 5.69 Å². The summed E-state index contributed by atoms with van der Waals surface area (Å²) in [5, 5.41) is 15.3. The fourth-order valence-corrected chi connectivity index (χ4v) is 3.13. The second kappa shape index (κ2) is 8.07. The number of nitrogens with one attached hydrogen (secondary N) is 1. The van der Waals surface area contributed by atoms with Gasteiger partial charge in [-0.05, 0) is 28.1 Å². The summed E-state index contributed by atoms with van der Waals surface area (Å²) in [5.74, 6) is 0.625. The van der Waals surface area contributed by atoms with E-state index in [9.17, 15) is 0 Å². The molecule has 2 heterocycles. The molecule has 7 nitrogen and oxygen atoms in total. The number of hydrogen-bond donors (Lipinski definition) is 1. The summed E-state index contributed by atoms with van der Waals surface area (Å²) in [6, 6.07) is 20.4. The van der Waals surface area contributed by atoms with Crippen molar-refractivity contribution in [2.24, 2.45) is 0 Å². The summed E-state index contributed by atoms with van der Waals surface area (Å²) >= 11 is 0. The van der Waals surface area contributed by atoms with Crippen LogP contribution in [0.1, 0.15) is 5.56 Å². The highest BCUT2D eigenvalue weighted by Crippen LogP contribution is 2.13. The van der Waals surface area contributed by atoms with Crippen LogP contribution in [0, 0.1) is 0 Å². The molecule has 0 aliphatic carbocycles. The number of para-hydroxylation sites is 1. The van der Waals surface area contributed by atoms with Crippen LogP contribution in [-0.2, 0) is 11.3 Å². The zero-order valence-corrected chi connectivity index (χ0v) is 14.5. The van der Waals surface area contributed by atoms with E-state index in [0.29, 0.717) is 12.5 Å². The Hall–Kier alpha value is -2.77. The highest BCUT2D eigenvalue weighted by atomic mass is 16.5. The smallest absolute Gasteiger partial charge is 0.247 e. The largest absolute Gasteiger partial charge is 0.374 e. The minimum Gasteiger partial charge on any atom is -0.374 e. The van der Waals surface area contributed by atoms with Gasteiger partial charge in [0.25, 0.3) is 0 Å². The van der Waals surface area contributed by atoms with Gasteiger partial charge < -0.3 is 10.1 Å². The average molecular weight is 350 g/mol. The third-order valence-corrected chi connectivity index (χ3v) is 4.43. The van der Waals surface area contributed by atoms with Crippen molar-refractivity contribution in [3.8, 4) is 5.69 Å². The summed E-state index contributed by atoms with van der Waals surface area (Å²) in [7, 11) is 0. The normalized spacial score (nSPS) is 17.9. The van der Waals surface area contributed by atoms with Crippen LogP contribution in [0.2, 0.25) is 0 Å². The van der Waals surface area contributed by atoms with Gasteiger partial charge in [0.15, 0.2) is 0 Å². The number of ether oxygens (including phenoxy) is 1. The molecule has 1 atom stereocenters. The maximum atomic E-state index is 5.91. The molecule has 0 bridgehead atoms. The number of tetrazole rings is 1. The number of aromatic nitrogens is 4. The van der Waals surface area contributed by atoms with Gasteiger partial charge in [-0.1, -0.05) is 53.6 Å².